The lowest BCUT2D eigenvalue weighted by molar-refractivity contribution is -0.236. The third-order valence-corrected chi connectivity index (χ3v) is 2.88. The van der Waals surface area contributed by atoms with Crippen LogP contribution in [0, 0.1) is 0 Å². The van der Waals surface area contributed by atoms with E-state index in [9.17, 15) is 18.0 Å². The molecule has 2 rings (SSSR count). The molecule has 1 aromatic rings. The number of carbonyl (C=O) groups excluding carboxylic acids is 1. The van der Waals surface area contributed by atoms with Crippen LogP contribution in [0.25, 0.3) is 0 Å². The molecule has 1 atom stereocenters. The molecule has 1 N–H and O–H groups in total. The monoisotopic (exact) mass is 295 g/mol. The van der Waals surface area contributed by atoms with Crippen LogP contribution in [0.15, 0.2) is 18.2 Å². The molecule has 19 heavy (non-hydrogen) atoms. The number of anilines is 1. The molecule has 0 amide bonds. The molecular weight excluding hydrogens is 287 g/mol. The van der Waals surface area contributed by atoms with E-state index in [2.05, 4.69) is 10.1 Å². The molecule has 0 aromatic heterocycles. The minimum atomic E-state index is -4.80. The van der Waals surface area contributed by atoms with E-state index in [0.717, 1.165) is 7.11 Å². The van der Waals surface area contributed by atoms with Crippen molar-refractivity contribution in [1.82, 2.24) is 0 Å². The number of rotatable bonds is 2. The van der Waals surface area contributed by atoms with Crippen LogP contribution >= 0.6 is 11.6 Å². The second kappa shape index (κ2) is 4.48. The van der Waals surface area contributed by atoms with Crippen LogP contribution in [0.1, 0.15) is 6.42 Å². The van der Waals surface area contributed by atoms with Crippen molar-refractivity contribution >= 4 is 23.3 Å². The lowest BCUT2D eigenvalue weighted by atomic mass is 10.1. The summed E-state index contributed by atoms with van der Waals surface area (Å²) in [6.45, 7) is 0. The van der Waals surface area contributed by atoms with E-state index in [1.54, 1.807) is 0 Å². The first-order valence-electron chi connectivity index (χ1n) is 5.18. The SMILES string of the molecule is COC(=O)CC1(C(F)(F)F)Nc2cc(Cl)ccc2O1. The highest BCUT2D eigenvalue weighted by atomic mass is 35.5. The van der Waals surface area contributed by atoms with Gasteiger partial charge in [0, 0.05) is 5.02 Å². The molecule has 0 bridgehead atoms. The average molecular weight is 296 g/mol. The molecule has 1 aliphatic heterocycles. The number of ether oxygens (including phenoxy) is 2. The highest BCUT2D eigenvalue weighted by Crippen LogP contribution is 2.47. The number of methoxy groups -OCH3 is 1. The molecule has 8 heteroatoms. The zero-order chi connectivity index (χ0) is 14.3. The van der Waals surface area contributed by atoms with Crippen molar-refractivity contribution in [2.45, 2.75) is 18.3 Å². The molecule has 1 aliphatic rings. The third kappa shape index (κ3) is 2.42. The Morgan fingerprint density at radius 3 is 2.79 bits per heavy atom. The molecule has 0 spiro atoms. The summed E-state index contributed by atoms with van der Waals surface area (Å²) in [5, 5.41) is 2.42. The van der Waals surface area contributed by atoms with Crippen molar-refractivity contribution < 1.29 is 27.4 Å². The molecule has 1 aromatic carbocycles. The smallest absolute Gasteiger partial charge is 0.449 e. The predicted molar refractivity (Wildman–Crippen MR) is 61.1 cm³/mol. The third-order valence-electron chi connectivity index (χ3n) is 2.64. The van der Waals surface area contributed by atoms with E-state index in [1.807, 2.05) is 0 Å². The Morgan fingerprint density at radius 2 is 2.21 bits per heavy atom. The summed E-state index contributed by atoms with van der Waals surface area (Å²) in [6, 6.07) is 3.99. The molecule has 0 saturated carbocycles. The molecular formula is C11H9ClF3NO3. The largest absolute Gasteiger partial charge is 0.469 e. The fraction of sp³-hybridized carbons (Fsp3) is 0.364. The van der Waals surface area contributed by atoms with Gasteiger partial charge in [0.1, 0.15) is 12.2 Å². The van der Waals surface area contributed by atoms with E-state index >= 15 is 0 Å². The highest BCUT2D eigenvalue weighted by Gasteiger charge is 2.62. The summed E-state index contributed by atoms with van der Waals surface area (Å²) in [4.78, 5) is 11.2. The number of fused-ring (bicyclic) bond motifs is 1. The Bertz CT molecular complexity index is 520. The van der Waals surface area contributed by atoms with E-state index in [0.29, 0.717) is 0 Å². The molecule has 1 unspecified atom stereocenters. The Balaban J connectivity index is 2.37. The first kappa shape index (κ1) is 13.8. The maximum absolute atomic E-state index is 13.1. The zero-order valence-corrected chi connectivity index (χ0v) is 10.4. The fourth-order valence-electron chi connectivity index (χ4n) is 1.70. The number of carbonyl (C=O) groups is 1. The summed E-state index contributed by atoms with van der Waals surface area (Å²) in [7, 11) is 1.01. The van der Waals surface area contributed by atoms with Gasteiger partial charge in [-0.1, -0.05) is 11.6 Å². The van der Waals surface area contributed by atoms with Crippen LogP contribution in [0.3, 0.4) is 0 Å². The van der Waals surface area contributed by atoms with Crippen molar-refractivity contribution in [3.8, 4) is 5.75 Å². The summed E-state index contributed by atoms with van der Waals surface area (Å²) >= 11 is 5.70. The minimum Gasteiger partial charge on any atom is -0.469 e. The lowest BCUT2D eigenvalue weighted by Gasteiger charge is -2.30. The Labute approximate surface area is 111 Å². The van der Waals surface area contributed by atoms with Gasteiger partial charge in [0.15, 0.2) is 0 Å². The second-order valence-corrected chi connectivity index (χ2v) is 4.38. The number of nitrogens with one attached hydrogen (secondary N) is 1. The summed E-state index contributed by atoms with van der Waals surface area (Å²) < 4.78 is 48.6. The van der Waals surface area contributed by atoms with Gasteiger partial charge in [0.2, 0.25) is 0 Å². The van der Waals surface area contributed by atoms with Gasteiger partial charge in [-0.05, 0) is 18.2 Å². The average Bonchev–Trinajstić information content (AvgIpc) is 2.66. The van der Waals surface area contributed by atoms with Gasteiger partial charge in [-0.15, -0.1) is 0 Å². The molecule has 0 aliphatic carbocycles. The van der Waals surface area contributed by atoms with Crippen LogP contribution in [0.5, 0.6) is 5.75 Å². The van der Waals surface area contributed by atoms with Crippen LogP contribution in [0.4, 0.5) is 18.9 Å². The highest BCUT2D eigenvalue weighted by molar-refractivity contribution is 6.31. The molecule has 0 radical (unpaired) electrons. The molecule has 0 fully saturated rings. The Morgan fingerprint density at radius 1 is 1.53 bits per heavy atom. The van der Waals surface area contributed by atoms with Gasteiger partial charge in [-0.3, -0.25) is 4.79 Å². The van der Waals surface area contributed by atoms with Crippen molar-refractivity contribution in [1.29, 1.82) is 0 Å². The van der Waals surface area contributed by atoms with Crippen LogP contribution in [-0.4, -0.2) is 25.0 Å². The van der Waals surface area contributed by atoms with Crippen LogP contribution < -0.4 is 10.1 Å². The zero-order valence-electron chi connectivity index (χ0n) is 9.68. The van der Waals surface area contributed by atoms with E-state index in [4.69, 9.17) is 16.3 Å². The summed E-state index contributed by atoms with van der Waals surface area (Å²) in [5.74, 6) is -1.06. The molecule has 4 nitrogen and oxygen atoms in total. The Kier molecular flexibility index (Phi) is 3.25. The second-order valence-electron chi connectivity index (χ2n) is 3.95. The van der Waals surface area contributed by atoms with Gasteiger partial charge in [-0.25, -0.2) is 0 Å². The first-order valence-corrected chi connectivity index (χ1v) is 5.55. The van der Waals surface area contributed by atoms with Crippen molar-refractivity contribution in [2.75, 3.05) is 12.4 Å². The first-order chi connectivity index (χ1) is 8.77. The topological polar surface area (TPSA) is 47.6 Å². The van der Waals surface area contributed by atoms with Crippen LogP contribution in [0.2, 0.25) is 5.02 Å². The maximum atomic E-state index is 13.1. The van der Waals surface area contributed by atoms with Gasteiger partial charge in [0.05, 0.1) is 12.8 Å². The number of alkyl halides is 3. The number of esters is 1. The van der Waals surface area contributed by atoms with E-state index in [-0.39, 0.29) is 16.5 Å². The number of hydrogen-bond donors (Lipinski definition) is 1. The van der Waals surface area contributed by atoms with Gasteiger partial charge in [-0.2, -0.15) is 13.2 Å². The van der Waals surface area contributed by atoms with Crippen molar-refractivity contribution in [3.63, 3.8) is 0 Å². The predicted octanol–water partition coefficient (Wildman–Crippen LogP) is 2.97. The van der Waals surface area contributed by atoms with Gasteiger partial charge >= 0.3 is 12.1 Å². The van der Waals surface area contributed by atoms with Crippen molar-refractivity contribution in [3.05, 3.63) is 23.2 Å². The number of hydrogen-bond acceptors (Lipinski definition) is 4. The molecule has 1 heterocycles. The normalized spacial score (nSPS) is 21.3. The standard InChI is InChI=1S/C11H9ClF3NO3/c1-18-9(17)5-10(11(13,14)15)16-7-4-6(12)2-3-8(7)19-10/h2-4,16H,5H2,1H3. The van der Waals surface area contributed by atoms with Crippen molar-refractivity contribution in [2.24, 2.45) is 0 Å². The minimum absolute atomic E-state index is 0.0226. The number of halogens is 4. The fourth-order valence-corrected chi connectivity index (χ4v) is 1.88. The lowest BCUT2D eigenvalue weighted by Crippen LogP contribution is -2.55. The summed E-state index contributed by atoms with van der Waals surface area (Å²) in [5.41, 5.74) is -2.75. The quantitative estimate of drug-likeness (QED) is 0.852. The maximum Gasteiger partial charge on any atom is 0.449 e. The van der Waals surface area contributed by atoms with Crippen LogP contribution in [-0.2, 0) is 9.53 Å². The molecule has 104 valence electrons. The Hall–Kier alpha value is -1.63. The van der Waals surface area contributed by atoms with E-state index < -0.39 is 24.3 Å². The van der Waals surface area contributed by atoms with Gasteiger partial charge in [0.25, 0.3) is 5.72 Å². The summed E-state index contributed by atoms with van der Waals surface area (Å²) in [6.07, 6.45) is -5.80. The molecule has 0 saturated heterocycles. The van der Waals surface area contributed by atoms with E-state index in [1.165, 1.54) is 18.2 Å². The number of benzene rings is 1. The van der Waals surface area contributed by atoms with Gasteiger partial charge < -0.3 is 14.8 Å².